The number of H-pyrrole nitrogens is 4. The summed E-state index contributed by atoms with van der Waals surface area (Å²) >= 11 is 0. The third-order valence-electron chi connectivity index (χ3n) is 6.66. The summed E-state index contributed by atoms with van der Waals surface area (Å²) in [7, 11) is 0. The summed E-state index contributed by atoms with van der Waals surface area (Å²) in [5.41, 5.74) is 5.41. The molecule has 0 saturated heterocycles. The lowest BCUT2D eigenvalue weighted by Gasteiger charge is -2.23. The first-order chi connectivity index (χ1) is 18.4. The van der Waals surface area contributed by atoms with Crippen molar-refractivity contribution in [1.29, 1.82) is 0 Å². The number of hydrogen-bond donors (Lipinski definition) is 6. The smallest absolute Gasteiger partial charge is 0.323 e. The Kier molecular flexibility index (Phi) is 4.52. The lowest BCUT2D eigenvalue weighted by atomic mass is 9.82. The lowest BCUT2D eigenvalue weighted by molar-refractivity contribution is 0.0980. The number of carbonyl (C=O) groups excluding carboxylic acids is 2. The second kappa shape index (κ2) is 7.93. The molecule has 0 bridgehead atoms. The zero-order chi connectivity index (χ0) is 26.0. The maximum atomic E-state index is 13.7. The number of aromatic nitrogens is 4. The van der Waals surface area contributed by atoms with Crippen molar-refractivity contribution in [2.75, 3.05) is 10.6 Å². The molecule has 1 aliphatic rings. The molecule has 0 saturated carbocycles. The summed E-state index contributed by atoms with van der Waals surface area (Å²) in [6.07, 6.45) is 0. The zero-order valence-corrected chi connectivity index (χ0v) is 19.6. The van der Waals surface area contributed by atoms with Crippen molar-refractivity contribution in [1.82, 2.24) is 19.9 Å². The summed E-state index contributed by atoms with van der Waals surface area (Å²) in [5.74, 6) is -0.550. The average molecular weight is 502 g/mol. The van der Waals surface area contributed by atoms with Crippen molar-refractivity contribution in [2.24, 2.45) is 0 Å². The van der Waals surface area contributed by atoms with Gasteiger partial charge in [-0.25, -0.2) is 9.59 Å². The molecule has 2 heterocycles. The Morgan fingerprint density at radius 2 is 0.895 bits per heavy atom. The van der Waals surface area contributed by atoms with Gasteiger partial charge in [0, 0.05) is 22.5 Å². The van der Waals surface area contributed by atoms with Gasteiger partial charge in [-0.2, -0.15) is 0 Å². The minimum atomic E-state index is -0.308. The number of anilines is 4. The molecule has 38 heavy (non-hydrogen) atoms. The zero-order valence-electron chi connectivity index (χ0n) is 19.6. The predicted octanol–water partition coefficient (Wildman–Crippen LogP) is 4.29. The van der Waals surface area contributed by atoms with Crippen LogP contribution in [0.4, 0.5) is 22.7 Å². The standard InChI is InChI=1S/C28H18N6O4/c35-25-15-3-1-5-19(29-13-7-9-17-21(11-13)33-27(37)31-17)23(15)26(36)16-4-2-6-20(24(16)25)30-14-8-10-18-22(12-14)34-28(38)32-18/h1-12,29-30H,(H2,31,33,37)(H2,32,34,38). The van der Waals surface area contributed by atoms with Crippen molar-refractivity contribution >= 4 is 56.4 Å². The normalized spacial score (nSPS) is 12.5. The first kappa shape index (κ1) is 21.6. The number of rotatable bonds is 4. The number of hydrogen-bond acceptors (Lipinski definition) is 6. The van der Waals surface area contributed by atoms with Gasteiger partial charge >= 0.3 is 11.4 Å². The fraction of sp³-hybridized carbons (Fsp3) is 0. The summed E-state index contributed by atoms with van der Waals surface area (Å²) in [6.45, 7) is 0. The molecule has 0 aliphatic heterocycles. The number of ketones is 2. The van der Waals surface area contributed by atoms with Crippen LogP contribution < -0.4 is 22.0 Å². The van der Waals surface area contributed by atoms with Gasteiger partial charge in [0.15, 0.2) is 11.6 Å². The molecule has 10 heteroatoms. The first-order valence-electron chi connectivity index (χ1n) is 11.8. The summed E-state index contributed by atoms with van der Waals surface area (Å²) in [5, 5.41) is 6.46. The van der Waals surface area contributed by atoms with Crippen LogP contribution in [0.1, 0.15) is 31.8 Å². The van der Waals surface area contributed by atoms with Gasteiger partial charge in [0.2, 0.25) is 0 Å². The fourth-order valence-corrected chi connectivity index (χ4v) is 4.98. The summed E-state index contributed by atoms with van der Waals surface area (Å²) < 4.78 is 0. The molecule has 10 nitrogen and oxygen atoms in total. The van der Waals surface area contributed by atoms with Crippen molar-refractivity contribution in [3.63, 3.8) is 0 Å². The third kappa shape index (κ3) is 3.35. The second-order valence-corrected chi connectivity index (χ2v) is 9.04. The minimum Gasteiger partial charge on any atom is -0.355 e. The van der Waals surface area contributed by atoms with E-state index in [0.717, 1.165) is 0 Å². The van der Waals surface area contributed by atoms with Crippen LogP contribution in [0.2, 0.25) is 0 Å². The highest BCUT2D eigenvalue weighted by Crippen LogP contribution is 2.37. The number of aromatic amines is 4. The molecule has 0 unspecified atom stereocenters. The Balaban J connectivity index is 1.28. The molecule has 0 spiro atoms. The molecule has 0 atom stereocenters. The largest absolute Gasteiger partial charge is 0.355 e. The molecule has 6 aromatic rings. The third-order valence-corrected chi connectivity index (χ3v) is 6.66. The molecule has 2 aromatic heterocycles. The van der Waals surface area contributed by atoms with E-state index in [-0.39, 0.29) is 34.1 Å². The fourth-order valence-electron chi connectivity index (χ4n) is 4.98. The first-order valence-corrected chi connectivity index (χ1v) is 11.8. The monoisotopic (exact) mass is 502 g/mol. The van der Waals surface area contributed by atoms with Gasteiger partial charge < -0.3 is 30.6 Å². The molecule has 0 radical (unpaired) electrons. The van der Waals surface area contributed by atoms with Crippen molar-refractivity contribution in [3.8, 4) is 0 Å². The molecule has 7 rings (SSSR count). The van der Waals surface area contributed by atoms with Crippen molar-refractivity contribution < 1.29 is 9.59 Å². The quantitative estimate of drug-likeness (QED) is 0.211. The minimum absolute atomic E-state index is 0.275. The number of imidazole rings is 2. The maximum Gasteiger partial charge on any atom is 0.323 e. The van der Waals surface area contributed by atoms with Gasteiger partial charge in [0.1, 0.15) is 0 Å². The van der Waals surface area contributed by atoms with Gasteiger partial charge in [0.05, 0.1) is 44.6 Å². The highest BCUT2D eigenvalue weighted by Gasteiger charge is 2.33. The average Bonchev–Trinajstić information content (AvgIpc) is 3.46. The lowest BCUT2D eigenvalue weighted by Crippen LogP contribution is -2.23. The van der Waals surface area contributed by atoms with Gasteiger partial charge in [-0.3, -0.25) is 9.59 Å². The molecule has 184 valence electrons. The second-order valence-electron chi connectivity index (χ2n) is 9.04. The van der Waals surface area contributed by atoms with Gasteiger partial charge in [-0.05, 0) is 48.5 Å². The summed E-state index contributed by atoms with van der Waals surface area (Å²) in [4.78, 5) is 61.5. The Bertz CT molecular complexity index is 1930. The molecular formula is C28H18N6O4. The van der Waals surface area contributed by atoms with E-state index in [4.69, 9.17) is 0 Å². The van der Waals surface area contributed by atoms with Crippen molar-refractivity contribution in [3.05, 3.63) is 116 Å². The number of fused-ring (bicyclic) bond motifs is 4. The highest BCUT2D eigenvalue weighted by atomic mass is 16.1. The van der Waals surface area contributed by atoms with Gasteiger partial charge in [0.25, 0.3) is 0 Å². The molecular weight excluding hydrogens is 484 g/mol. The van der Waals surface area contributed by atoms with E-state index < -0.39 is 0 Å². The number of carbonyl (C=O) groups is 2. The molecule has 1 aliphatic carbocycles. The molecule has 4 aromatic carbocycles. The van der Waals surface area contributed by atoms with Crippen LogP contribution >= 0.6 is 0 Å². The molecule has 6 N–H and O–H groups in total. The summed E-state index contributed by atoms with van der Waals surface area (Å²) in [6, 6.07) is 20.8. The number of nitrogens with one attached hydrogen (secondary N) is 6. The van der Waals surface area contributed by atoms with E-state index in [9.17, 15) is 19.2 Å². The van der Waals surface area contributed by atoms with Crippen LogP contribution in [-0.4, -0.2) is 31.5 Å². The van der Waals surface area contributed by atoms with E-state index in [1.54, 1.807) is 72.8 Å². The van der Waals surface area contributed by atoms with Crippen LogP contribution in [0, 0.1) is 0 Å². The van der Waals surface area contributed by atoms with E-state index in [1.165, 1.54) is 0 Å². The highest BCUT2D eigenvalue weighted by molar-refractivity contribution is 6.32. The predicted molar refractivity (Wildman–Crippen MR) is 144 cm³/mol. The van der Waals surface area contributed by atoms with E-state index in [2.05, 4.69) is 30.6 Å². The topological polar surface area (TPSA) is 155 Å². The van der Waals surface area contributed by atoms with E-state index in [0.29, 0.717) is 55.9 Å². The maximum absolute atomic E-state index is 13.7. The SMILES string of the molecule is O=C1c2cccc(Nc3ccc4[nH]c(=O)[nH]c4c3)c2C(=O)c2cccc(Nc3ccc4[nH]c(=O)[nH]c4c3)c21. The van der Waals surface area contributed by atoms with E-state index >= 15 is 0 Å². The van der Waals surface area contributed by atoms with Crippen LogP contribution in [-0.2, 0) is 0 Å². The van der Waals surface area contributed by atoms with Crippen LogP contribution in [0.5, 0.6) is 0 Å². The Hall–Kier alpha value is -5.64. The Morgan fingerprint density at radius 3 is 1.34 bits per heavy atom. The molecule has 0 amide bonds. The van der Waals surface area contributed by atoms with Crippen molar-refractivity contribution in [2.45, 2.75) is 0 Å². The van der Waals surface area contributed by atoms with Crippen LogP contribution in [0.3, 0.4) is 0 Å². The van der Waals surface area contributed by atoms with E-state index in [1.807, 2.05) is 0 Å². The van der Waals surface area contributed by atoms with Gasteiger partial charge in [-0.15, -0.1) is 0 Å². The van der Waals surface area contributed by atoms with Crippen LogP contribution in [0.25, 0.3) is 22.1 Å². The number of benzene rings is 4. The molecule has 0 fully saturated rings. The Labute approximate surface area is 212 Å². The Morgan fingerprint density at radius 1 is 0.474 bits per heavy atom. The van der Waals surface area contributed by atoms with Crippen LogP contribution in [0.15, 0.2) is 82.4 Å². The van der Waals surface area contributed by atoms with Gasteiger partial charge in [-0.1, -0.05) is 24.3 Å².